The molecule has 0 amide bonds. The predicted molar refractivity (Wildman–Crippen MR) is 30.4 cm³/mol. The van der Waals surface area contributed by atoms with Crippen molar-refractivity contribution in [2.75, 3.05) is 19.2 Å². The molecule has 0 aromatic carbocycles. The molecule has 7 heavy (non-hydrogen) atoms. The van der Waals surface area contributed by atoms with Gasteiger partial charge >= 0.3 is 0 Å². The number of hydrogen-bond acceptors (Lipinski definition) is 3. The fourth-order valence-corrected chi connectivity index (χ4v) is 0.417. The van der Waals surface area contributed by atoms with Gasteiger partial charge in [0.15, 0.2) is 7.05 Å². The number of thioether (sulfide) groups is 1. The molecule has 3 nitrogen and oxygen atoms in total. The van der Waals surface area contributed by atoms with Crippen LogP contribution in [0.2, 0.25) is 0 Å². The van der Waals surface area contributed by atoms with E-state index in [0.29, 0.717) is 10.7 Å². The van der Waals surface area contributed by atoms with Gasteiger partial charge in [0, 0.05) is 0 Å². The summed E-state index contributed by atoms with van der Waals surface area (Å²) in [6, 6.07) is 0. The van der Waals surface area contributed by atoms with E-state index < -0.39 is 0 Å². The second-order valence-electron chi connectivity index (χ2n) is 1.02. The molecular weight excluding hydrogens is 112 g/mol. The molecule has 0 unspecified atom stereocenters. The third-order valence-electron chi connectivity index (χ3n) is 0.386. The second kappa shape index (κ2) is 3.92. The minimum Gasteiger partial charge on any atom is -0.600 e. The normalized spacial score (nSPS) is 12.0. The Morgan fingerprint density at radius 3 is 2.57 bits per heavy atom. The highest BCUT2D eigenvalue weighted by molar-refractivity contribution is 7.98. The lowest BCUT2D eigenvalue weighted by atomic mass is 11.4. The summed E-state index contributed by atoms with van der Waals surface area (Å²) in [5.41, 5.74) is 0. The van der Waals surface area contributed by atoms with E-state index in [9.17, 15) is 5.21 Å². The fourth-order valence-electron chi connectivity index (χ4n) is 0.139. The van der Waals surface area contributed by atoms with Gasteiger partial charge in [0.25, 0.3) is 0 Å². The largest absolute Gasteiger partial charge is 0.600 e. The molecule has 0 saturated heterocycles. The van der Waals surface area contributed by atoms with Crippen LogP contribution in [0.1, 0.15) is 0 Å². The Labute approximate surface area is 47.0 Å². The molecule has 0 aliphatic heterocycles. The van der Waals surface area contributed by atoms with Crippen LogP contribution in [-0.4, -0.2) is 24.0 Å². The quantitative estimate of drug-likeness (QED) is 0.308. The maximum absolute atomic E-state index is 9.94. The summed E-state index contributed by atoms with van der Waals surface area (Å²) < 4.78 is 0. The molecule has 0 aromatic rings. The number of azo groups is 1. The highest BCUT2D eigenvalue weighted by atomic mass is 32.2. The molecule has 0 aliphatic rings. The van der Waals surface area contributed by atoms with E-state index in [1.165, 1.54) is 18.8 Å². The van der Waals surface area contributed by atoms with Gasteiger partial charge in [-0.3, -0.25) is 0 Å². The summed E-state index contributed by atoms with van der Waals surface area (Å²) in [4.78, 5) is 0.566. The zero-order chi connectivity index (χ0) is 5.70. The summed E-state index contributed by atoms with van der Waals surface area (Å²) in [5, 5.41) is 13.4. The van der Waals surface area contributed by atoms with Crippen molar-refractivity contribution in [2.45, 2.75) is 0 Å². The summed E-state index contributed by atoms with van der Waals surface area (Å²) >= 11 is 1.52. The van der Waals surface area contributed by atoms with Gasteiger partial charge in [-0.15, -0.1) is 11.8 Å². The van der Waals surface area contributed by atoms with Crippen LogP contribution in [0.15, 0.2) is 5.11 Å². The van der Waals surface area contributed by atoms with Crippen molar-refractivity contribution in [3.05, 3.63) is 5.21 Å². The van der Waals surface area contributed by atoms with E-state index in [2.05, 4.69) is 5.11 Å². The maximum atomic E-state index is 9.94. The molecule has 0 saturated carbocycles. The van der Waals surface area contributed by atoms with Crippen molar-refractivity contribution in [3.63, 3.8) is 0 Å². The van der Waals surface area contributed by atoms with Gasteiger partial charge in [0.05, 0.1) is 0 Å². The zero-order valence-corrected chi connectivity index (χ0v) is 5.23. The van der Waals surface area contributed by atoms with Crippen molar-refractivity contribution < 1.29 is 4.86 Å². The average molecular weight is 120 g/mol. The van der Waals surface area contributed by atoms with Gasteiger partial charge in [-0.25, -0.2) is 0 Å². The van der Waals surface area contributed by atoms with Crippen LogP contribution >= 0.6 is 11.8 Å². The van der Waals surface area contributed by atoms with E-state index in [-0.39, 0.29) is 0 Å². The molecule has 4 heteroatoms. The van der Waals surface area contributed by atoms with Crippen LogP contribution in [0.5, 0.6) is 0 Å². The van der Waals surface area contributed by atoms with Gasteiger partial charge < -0.3 is 5.21 Å². The van der Waals surface area contributed by atoms with Crippen molar-refractivity contribution in [1.82, 2.24) is 0 Å². The molecular formula is C3H8N2OS. The Hall–Kier alpha value is -0.250. The van der Waals surface area contributed by atoms with Gasteiger partial charge in [-0.05, 0) is 11.4 Å². The fraction of sp³-hybridized carbons (Fsp3) is 1.00. The van der Waals surface area contributed by atoms with E-state index in [1.807, 2.05) is 6.26 Å². The number of hydroxylamine groups is 1. The van der Waals surface area contributed by atoms with Crippen LogP contribution in [0.3, 0.4) is 0 Å². The van der Waals surface area contributed by atoms with Crippen molar-refractivity contribution in [1.29, 1.82) is 0 Å². The first-order valence-electron chi connectivity index (χ1n) is 1.84. The maximum Gasteiger partial charge on any atom is 0.171 e. The average Bonchev–Trinajstić information content (AvgIpc) is 1.61. The van der Waals surface area contributed by atoms with Gasteiger partial charge in [-0.1, -0.05) is 4.86 Å². The van der Waals surface area contributed by atoms with Crippen molar-refractivity contribution >= 4 is 11.8 Å². The number of nitrogens with zero attached hydrogens (tertiary/aromatic N) is 2. The Balaban J connectivity index is 3.08. The summed E-state index contributed by atoms with van der Waals surface area (Å²) in [5.74, 6) is 0.556. The lowest BCUT2D eigenvalue weighted by Gasteiger charge is -1.87. The Morgan fingerprint density at radius 2 is 2.43 bits per heavy atom. The third kappa shape index (κ3) is 5.75. The molecule has 0 heterocycles. The Bertz CT molecular complexity index is 69.3. The van der Waals surface area contributed by atoms with Crippen LogP contribution in [-0.2, 0) is 0 Å². The monoisotopic (exact) mass is 120 g/mol. The minimum atomic E-state index is 0.556. The summed E-state index contributed by atoms with van der Waals surface area (Å²) in [6.45, 7) is 0. The smallest absolute Gasteiger partial charge is 0.171 e. The van der Waals surface area contributed by atoms with E-state index in [1.54, 1.807) is 0 Å². The first-order valence-corrected chi connectivity index (χ1v) is 3.24. The van der Waals surface area contributed by atoms with Crippen molar-refractivity contribution in [2.24, 2.45) is 5.11 Å². The van der Waals surface area contributed by atoms with Crippen LogP contribution in [0.25, 0.3) is 0 Å². The summed E-state index contributed by atoms with van der Waals surface area (Å²) in [6.07, 6.45) is 1.90. The van der Waals surface area contributed by atoms with Crippen LogP contribution in [0.4, 0.5) is 0 Å². The van der Waals surface area contributed by atoms with E-state index >= 15 is 0 Å². The van der Waals surface area contributed by atoms with Crippen molar-refractivity contribution in [3.8, 4) is 0 Å². The molecule has 0 aliphatic carbocycles. The number of hydrogen-bond donors (Lipinski definition) is 0. The van der Waals surface area contributed by atoms with Crippen LogP contribution in [0, 0.1) is 5.21 Å². The standard InChI is InChI=1S/C3H8N2OS/c1-5(6)4-3-7-2/h3H2,1-2H3. The Morgan fingerprint density at radius 1 is 1.86 bits per heavy atom. The molecule has 0 radical (unpaired) electrons. The minimum absolute atomic E-state index is 0.556. The SMILES string of the molecule is CSCN=[N+](C)[O-]. The molecule has 0 fully saturated rings. The third-order valence-corrected chi connectivity index (χ3v) is 0.760. The topological polar surface area (TPSA) is 38.4 Å². The molecule has 0 spiro atoms. The second-order valence-corrected chi connectivity index (χ2v) is 1.86. The highest BCUT2D eigenvalue weighted by Gasteiger charge is 1.76. The zero-order valence-electron chi connectivity index (χ0n) is 4.42. The molecule has 0 rings (SSSR count). The van der Waals surface area contributed by atoms with E-state index in [0.717, 1.165) is 0 Å². The molecule has 42 valence electrons. The first kappa shape index (κ1) is 6.75. The van der Waals surface area contributed by atoms with Gasteiger partial charge in [-0.2, -0.15) is 0 Å². The lowest BCUT2D eigenvalue weighted by molar-refractivity contribution is -0.497. The van der Waals surface area contributed by atoms with Gasteiger partial charge in [0.1, 0.15) is 5.88 Å². The summed E-state index contributed by atoms with van der Waals surface area (Å²) in [7, 11) is 1.37. The molecule has 0 bridgehead atoms. The Kier molecular flexibility index (Phi) is 3.78. The van der Waals surface area contributed by atoms with E-state index in [4.69, 9.17) is 0 Å². The highest BCUT2D eigenvalue weighted by Crippen LogP contribution is 1.89. The first-order chi connectivity index (χ1) is 3.27. The van der Waals surface area contributed by atoms with Gasteiger partial charge in [0.2, 0.25) is 0 Å². The molecule has 0 aromatic heterocycles. The molecule has 0 atom stereocenters. The molecule has 0 N–H and O–H groups in total. The lowest BCUT2D eigenvalue weighted by Crippen LogP contribution is -1.88. The predicted octanol–water partition coefficient (Wildman–Crippen LogP) is 0.899. The number of rotatable bonds is 2. The van der Waals surface area contributed by atoms with Crippen LogP contribution < -0.4 is 0 Å².